The molecular weight excluding hydrogens is 1080 g/mol. The average molecular weight is 1130 g/mol. The first kappa shape index (κ1) is 58.4. The summed E-state index contributed by atoms with van der Waals surface area (Å²) in [5.74, 6) is 2.11. The molecule has 2 N–H and O–H groups in total. The molecule has 75 heavy (non-hydrogen) atoms. The zero-order chi connectivity index (χ0) is 54.7. The van der Waals surface area contributed by atoms with E-state index >= 15 is 0 Å². The van der Waals surface area contributed by atoms with E-state index in [4.69, 9.17) is 71.1 Å². The van der Waals surface area contributed by atoms with E-state index in [1.807, 2.05) is 0 Å². The molecule has 0 spiro atoms. The minimum Gasteiger partial charge on any atom is -0.495 e. The smallest absolute Gasteiger partial charge is 0.330 e. The second-order valence-electron chi connectivity index (χ2n) is 16.1. The van der Waals surface area contributed by atoms with Gasteiger partial charge in [0.25, 0.3) is 11.4 Å². The Morgan fingerprint density at radius 3 is 1.47 bits per heavy atom. The summed E-state index contributed by atoms with van der Waals surface area (Å²) in [4.78, 5) is 69.4. The number of halogens is 4. The maximum Gasteiger partial charge on any atom is 0.330 e. The van der Waals surface area contributed by atoms with Crippen molar-refractivity contribution < 1.29 is 46.8 Å². The van der Waals surface area contributed by atoms with E-state index in [2.05, 4.69) is 19.9 Å². The van der Waals surface area contributed by atoms with Crippen LogP contribution in [0.25, 0.3) is 0 Å². The van der Waals surface area contributed by atoms with Crippen molar-refractivity contribution in [2.75, 3.05) is 74.1 Å². The number of carbonyl (C=O) groups is 2. The zero-order valence-corrected chi connectivity index (χ0v) is 44.6. The Morgan fingerprint density at radius 1 is 0.667 bits per heavy atom. The number of anilines is 5. The Kier molecular flexibility index (Phi) is 18.5. The van der Waals surface area contributed by atoms with Crippen LogP contribution in [0.3, 0.4) is 0 Å². The zero-order valence-electron chi connectivity index (χ0n) is 40.8. The summed E-state index contributed by atoms with van der Waals surface area (Å²) in [5, 5.41) is 22.0. The van der Waals surface area contributed by atoms with Gasteiger partial charge in [0.2, 0.25) is 15.0 Å². The van der Waals surface area contributed by atoms with Crippen LogP contribution in [0.5, 0.6) is 23.0 Å². The summed E-state index contributed by atoms with van der Waals surface area (Å²) in [6.45, 7) is 3.66. The van der Waals surface area contributed by atoms with Crippen LogP contribution in [0.15, 0.2) is 66.1 Å². The lowest BCUT2D eigenvalue weighted by atomic mass is 10.0. The van der Waals surface area contributed by atoms with Crippen LogP contribution in [0.4, 0.5) is 49.7 Å². The van der Waals surface area contributed by atoms with Crippen LogP contribution < -0.4 is 44.3 Å². The van der Waals surface area contributed by atoms with Crippen molar-refractivity contribution in [3.05, 3.63) is 135 Å². The second-order valence-corrected chi connectivity index (χ2v) is 19.5. The molecular formula is C47H49Cl4N11O12S. The predicted octanol–water partition coefficient (Wildman–Crippen LogP) is 10.1. The van der Waals surface area contributed by atoms with E-state index in [-0.39, 0.29) is 97.9 Å². The molecule has 0 unspecified atom stereocenters. The Labute approximate surface area is 450 Å². The molecule has 4 aromatic carbocycles. The third kappa shape index (κ3) is 11.9. The Balaban J connectivity index is 0.000000232. The van der Waals surface area contributed by atoms with Gasteiger partial charge in [0.15, 0.2) is 0 Å². The van der Waals surface area contributed by atoms with Crippen molar-refractivity contribution in [2.24, 2.45) is 0 Å². The fourth-order valence-corrected chi connectivity index (χ4v) is 9.45. The highest BCUT2D eigenvalue weighted by molar-refractivity contribution is 7.90. The highest BCUT2D eigenvalue weighted by atomic mass is 35.5. The van der Waals surface area contributed by atoms with Gasteiger partial charge in [-0.2, -0.15) is 0 Å². The number of aromatic nitrogens is 4. The number of ether oxygens (including phenoxy) is 4. The van der Waals surface area contributed by atoms with Crippen molar-refractivity contribution >= 4 is 108 Å². The van der Waals surface area contributed by atoms with Gasteiger partial charge < -0.3 is 24.7 Å². The van der Waals surface area contributed by atoms with Gasteiger partial charge in [-0.15, -0.1) is 0 Å². The van der Waals surface area contributed by atoms with Crippen molar-refractivity contribution in [3.8, 4) is 23.0 Å². The molecule has 2 aliphatic heterocycles. The summed E-state index contributed by atoms with van der Waals surface area (Å²) < 4.78 is 44.6. The Bertz CT molecular complexity index is 3300. The number of nitro benzene ring substituents is 2. The van der Waals surface area contributed by atoms with Gasteiger partial charge in [0.05, 0.1) is 62.8 Å². The molecule has 0 bridgehead atoms. The largest absolute Gasteiger partial charge is 0.495 e. The van der Waals surface area contributed by atoms with E-state index < -0.39 is 31.7 Å². The third-order valence-corrected chi connectivity index (χ3v) is 13.7. The number of nitrogens with zero attached hydrogens (tertiary/aromatic N) is 10. The molecule has 398 valence electrons. The van der Waals surface area contributed by atoms with E-state index in [0.29, 0.717) is 39.8 Å². The molecule has 0 saturated heterocycles. The highest BCUT2D eigenvalue weighted by Crippen LogP contribution is 2.49. The van der Waals surface area contributed by atoms with E-state index in [0.717, 1.165) is 17.4 Å². The Hall–Kier alpha value is -7.51. The van der Waals surface area contributed by atoms with Crippen molar-refractivity contribution in [1.29, 1.82) is 0 Å². The summed E-state index contributed by atoms with van der Waals surface area (Å²) >= 11 is 25.9. The number of benzene rings is 4. The van der Waals surface area contributed by atoms with E-state index in [9.17, 15) is 38.2 Å². The third-order valence-electron chi connectivity index (χ3n) is 11.4. The van der Waals surface area contributed by atoms with Crippen molar-refractivity contribution in [3.63, 3.8) is 0 Å². The summed E-state index contributed by atoms with van der Waals surface area (Å²) in [5.41, 5.74) is 9.28. The lowest BCUT2D eigenvalue weighted by Gasteiger charge is -2.35. The molecule has 2 aromatic heterocycles. The van der Waals surface area contributed by atoms with E-state index in [1.54, 1.807) is 57.4 Å². The number of nitro groups is 2. The maximum atomic E-state index is 13.4. The van der Waals surface area contributed by atoms with Crippen molar-refractivity contribution in [1.82, 2.24) is 19.9 Å². The number of nitrogen functional groups attached to an aromatic ring is 1. The molecule has 2 aliphatic rings. The molecule has 4 amide bonds. The van der Waals surface area contributed by atoms with Gasteiger partial charge in [-0.3, -0.25) is 39.8 Å². The first-order valence-electron chi connectivity index (χ1n) is 21.3. The van der Waals surface area contributed by atoms with Crippen LogP contribution in [-0.2, 0) is 29.3 Å². The number of sulfone groups is 1. The van der Waals surface area contributed by atoms with Crippen LogP contribution in [-0.4, -0.2) is 99.1 Å². The van der Waals surface area contributed by atoms with Gasteiger partial charge in [-0.25, -0.2) is 37.9 Å². The summed E-state index contributed by atoms with van der Waals surface area (Å²) in [6, 6.07) is 11.7. The molecule has 23 nitrogen and oxygen atoms in total. The topological polar surface area (TPSA) is 282 Å². The van der Waals surface area contributed by atoms with Crippen LogP contribution in [0, 0.1) is 34.1 Å². The number of para-hydroxylation sites is 1. The van der Waals surface area contributed by atoms with Gasteiger partial charge in [0.1, 0.15) is 66.2 Å². The second kappa shape index (κ2) is 23.8. The number of methoxy groups -OCH3 is 4. The molecule has 4 heterocycles. The molecule has 0 radical (unpaired) electrons. The van der Waals surface area contributed by atoms with Crippen molar-refractivity contribution in [2.45, 2.75) is 45.9 Å². The molecule has 0 saturated carbocycles. The quantitative estimate of drug-likeness (QED) is 0.0546. The minimum absolute atomic E-state index is 0. The molecule has 28 heteroatoms. The molecule has 0 atom stereocenters. The maximum absolute atomic E-state index is 13.4. The summed E-state index contributed by atoms with van der Waals surface area (Å²) in [6.07, 6.45) is 4.09. The first-order chi connectivity index (χ1) is 34.9. The molecule has 0 fully saturated rings. The summed E-state index contributed by atoms with van der Waals surface area (Å²) in [7, 11) is 5.17. The highest BCUT2D eigenvalue weighted by Gasteiger charge is 2.37. The number of hydrogen-bond acceptors (Lipinski definition) is 17. The fraction of sp³-hybridized carbons (Fsp3) is 0.277. The van der Waals surface area contributed by atoms with Crippen LogP contribution >= 0.6 is 46.4 Å². The fourth-order valence-electron chi connectivity index (χ4n) is 7.54. The standard InChI is InChI=1S/C23H21Cl2N5O5.C16H16Cl2N4O5S.C7H8N2O2.CH4/c1-12-6-5-7-15(30(32)33)14(12)8-18-26-10-13-11-29(23(31)28(2)22(13)27-18)21-19(24)16(34-3)9-17(35-4)20(21)25;1-21-14-8(6-19-15(20-14)28(4,24)25)7-22(16(21)23)13-11(17)9(26-2)5-10(27-3)12(13)18;1-5-3-2-4-6(7(5)8)9(10)11;/h5-7,9-10H,8,11H2,1-4H3;5-6H,7H2,1-4H3;2-4H,8H2,1H3;1H4. The predicted molar refractivity (Wildman–Crippen MR) is 286 cm³/mol. The van der Waals surface area contributed by atoms with Gasteiger partial charge >= 0.3 is 12.1 Å². The average Bonchev–Trinajstić information content (AvgIpc) is 3.36. The Morgan fingerprint density at radius 2 is 1.07 bits per heavy atom. The minimum atomic E-state index is -3.62. The number of amides is 4. The van der Waals surface area contributed by atoms with E-state index in [1.165, 1.54) is 79.5 Å². The lowest BCUT2D eigenvalue weighted by molar-refractivity contribution is -0.385. The van der Waals surface area contributed by atoms with Gasteiger partial charge in [-0.1, -0.05) is 78.1 Å². The number of nitrogens with two attached hydrogens (primary N) is 1. The number of carbonyl (C=O) groups excluding carboxylic acids is 2. The molecule has 6 aromatic rings. The normalized spacial score (nSPS) is 12.8. The van der Waals surface area contributed by atoms with Gasteiger partial charge in [-0.05, 0) is 25.0 Å². The molecule has 0 aliphatic carbocycles. The number of aryl methyl sites for hydroxylation is 2. The SMILES string of the molecule is C.COc1cc(OC)c(Cl)c(N2Cc3cnc(Cc4c(C)cccc4[N+](=O)[O-])nc3N(C)C2=O)c1Cl.COc1cc(OC)c(Cl)c(N2Cc3cnc(S(C)(=O)=O)nc3N(C)C2=O)c1Cl.Cc1cccc([N+](=O)[O-])c1N. The number of urea groups is 2. The lowest BCUT2D eigenvalue weighted by Crippen LogP contribution is -2.46. The van der Waals surface area contributed by atoms with Gasteiger partial charge in [0, 0.05) is 80.1 Å². The molecule has 8 rings (SSSR count). The monoisotopic (exact) mass is 1130 g/mol. The number of fused-ring (bicyclic) bond motifs is 2. The first-order valence-corrected chi connectivity index (χ1v) is 24.7. The number of rotatable bonds is 11. The van der Waals surface area contributed by atoms with Crippen LogP contribution in [0.2, 0.25) is 20.1 Å². The van der Waals surface area contributed by atoms with Crippen LogP contribution in [0.1, 0.15) is 41.1 Å². The number of hydrogen-bond donors (Lipinski definition) is 1.